The summed E-state index contributed by atoms with van der Waals surface area (Å²) in [5.74, 6) is -1.69. The molecule has 4 N–H and O–H groups in total. The first-order chi connectivity index (χ1) is 8.31. The maximum Gasteiger partial charge on any atom is 0.303 e. The third kappa shape index (κ3) is 9.02. The second kappa shape index (κ2) is 7.94. The molecule has 6 heteroatoms. The van der Waals surface area contributed by atoms with E-state index in [4.69, 9.17) is 20.4 Å². The number of rotatable bonds is 4. The lowest BCUT2D eigenvalue weighted by Gasteiger charge is -1.94. The summed E-state index contributed by atoms with van der Waals surface area (Å²) >= 11 is 0. The van der Waals surface area contributed by atoms with Gasteiger partial charge in [0.2, 0.25) is 0 Å². The van der Waals surface area contributed by atoms with Crippen LogP contribution in [0.4, 0.5) is 0 Å². The second-order valence-corrected chi connectivity index (χ2v) is 3.67. The van der Waals surface area contributed by atoms with Gasteiger partial charge >= 0.3 is 11.9 Å². The molecule has 0 heterocycles. The Morgan fingerprint density at radius 1 is 0.944 bits per heavy atom. The standard InChI is InChI=1S/C7H8O2.C5H8O4/c1-5-2-6(8)4-7(9)3-5;6-4(7)2-1-3-5(8)9/h2-4,8-9H,1H3;1-3H2,(H,6,7)(H,8,9). The smallest absolute Gasteiger partial charge is 0.303 e. The highest BCUT2D eigenvalue weighted by Crippen LogP contribution is 2.18. The summed E-state index contributed by atoms with van der Waals surface area (Å²) in [5, 5.41) is 33.7. The first-order valence-electron chi connectivity index (χ1n) is 5.24. The Morgan fingerprint density at radius 3 is 1.61 bits per heavy atom. The van der Waals surface area contributed by atoms with Gasteiger partial charge in [0.25, 0.3) is 0 Å². The number of carboxylic acids is 2. The largest absolute Gasteiger partial charge is 0.508 e. The zero-order valence-corrected chi connectivity index (χ0v) is 9.96. The Kier molecular flexibility index (Phi) is 6.95. The topological polar surface area (TPSA) is 115 Å². The van der Waals surface area contributed by atoms with E-state index >= 15 is 0 Å². The lowest BCUT2D eigenvalue weighted by molar-refractivity contribution is -0.138. The van der Waals surface area contributed by atoms with Crippen LogP contribution < -0.4 is 0 Å². The molecule has 100 valence electrons. The van der Waals surface area contributed by atoms with E-state index in [-0.39, 0.29) is 30.8 Å². The number of phenols is 2. The molecule has 0 aliphatic carbocycles. The molecule has 0 unspecified atom stereocenters. The molecule has 0 amide bonds. The van der Waals surface area contributed by atoms with Crippen LogP contribution >= 0.6 is 0 Å². The zero-order valence-electron chi connectivity index (χ0n) is 9.96. The molecule has 0 atom stereocenters. The van der Waals surface area contributed by atoms with E-state index in [0.717, 1.165) is 5.56 Å². The third-order valence-corrected chi connectivity index (χ3v) is 1.83. The molecular weight excluding hydrogens is 240 g/mol. The summed E-state index contributed by atoms with van der Waals surface area (Å²) in [4.78, 5) is 19.6. The zero-order chi connectivity index (χ0) is 14.1. The van der Waals surface area contributed by atoms with E-state index in [1.165, 1.54) is 6.07 Å². The molecule has 1 aromatic carbocycles. The van der Waals surface area contributed by atoms with Crippen molar-refractivity contribution in [1.82, 2.24) is 0 Å². The predicted octanol–water partition coefficient (Wildman–Crippen LogP) is 1.73. The maximum atomic E-state index is 9.79. The van der Waals surface area contributed by atoms with Crippen LogP contribution in [-0.2, 0) is 9.59 Å². The second-order valence-electron chi connectivity index (χ2n) is 3.67. The van der Waals surface area contributed by atoms with Crippen molar-refractivity contribution in [1.29, 1.82) is 0 Å². The number of aryl methyl sites for hydroxylation is 1. The highest BCUT2D eigenvalue weighted by molar-refractivity contribution is 5.69. The molecule has 1 rings (SSSR count). The Labute approximate surface area is 104 Å². The first-order valence-corrected chi connectivity index (χ1v) is 5.24. The molecule has 0 fully saturated rings. The van der Waals surface area contributed by atoms with Crippen molar-refractivity contribution in [2.24, 2.45) is 0 Å². The molecule has 0 aromatic heterocycles. The average molecular weight is 256 g/mol. The molecule has 18 heavy (non-hydrogen) atoms. The molecule has 0 spiro atoms. The minimum absolute atomic E-state index is 0.0632. The lowest BCUT2D eigenvalue weighted by atomic mass is 10.2. The summed E-state index contributed by atoms with van der Waals surface area (Å²) in [6.45, 7) is 1.80. The van der Waals surface area contributed by atoms with Gasteiger partial charge in [-0.15, -0.1) is 0 Å². The molecule has 0 bridgehead atoms. The summed E-state index contributed by atoms with van der Waals surface area (Å²) in [6.07, 6.45) is 0.0866. The highest BCUT2D eigenvalue weighted by Gasteiger charge is 1.99. The summed E-state index contributed by atoms with van der Waals surface area (Å²) in [5.41, 5.74) is 0.854. The average Bonchev–Trinajstić information content (AvgIpc) is 2.14. The Hall–Kier alpha value is -2.24. The molecule has 1 aromatic rings. The molecule has 0 aliphatic rings. The monoisotopic (exact) mass is 256 g/mol. The minimum atomic E-state index is -0.948. The van der Waals surface area contributed by atoms with E-state index in [0.29, 0.717) is 0 Å². The van der Waals surface area contributed by atoms with E-state index in [1.54, 1.807) is 19.1 Å². The molecule has 0 aliphatic heterocycles. The predicted molar refractivity (Wildman–Crippen MR) is 63.6 cm³/mol. The van der Waals surface area contributed by atoms with Crippen LogP contribution in [0.5, 0.6) is 11.5 Å². The number of benzene rings is 1. The fourth-order valence-electron chi connectivity index (χ4n) is 1.13. The fourth-order valence-corrected chi connectivity index (χ4v) is 1.13. The Bertz CT molecular complexity index is 349. The van der Waals surface area contributed by atoms with Crippen molar-refractivity contribution in [2.45, 2.75) is 26.2 Å². The van der Waals surface area contributed by atoms with Crippen LogP contribution in [0.1, 0.15) is 24.8 Å². The van der Waals surface area contributed by atoms with Gasteiger partial charge < -0.3 is 20.4 Å². The van der Waals surface area contributed by atoms with Crippen LogP contribution in [0, 0.1) is 6.92 Å². The van der Waals surface area contributed by atoms with Gasteiger partial charge in [0.1, 0.15) is 11.5 Å². The third-order valence-electron chi connectivity index (χ3n) is 1.83. The van der Waals surface area contributed by atoms with Gasteiger partial charge in [0, 0.05) is 18.9 Å². The molecule has 0 saturated carbocycles. The van der Waals surface area contributed by atoms with Crippen molar-refractivity contribution in [3.05, 3.63) is 23.8 Å². The van der Waals surface area contributed by atoms with Crippen molar-refractivity contribution in [3.63, 3.8) is 0 Å². The van der Waals surface area contributed by atoms with Crippen LogP contribution in [0.2, 0.25) is 0 Å². The number of phenolic OH excluding ortho intramolecular Hbond substituents is 2. The number of carbonyl (C=O) groups is 2. The van der Waals surface area contributed by atoms with Gasteiger partial charge in [0.15, 0.2) is 0 Å². The van der Waals surface area contributed by atoms with Gasteiger partial charge in [-0.05, 0) is 31.0 Å². The number of carboxylic acid groups (broad SMARTS) is 2. The minimum Gasteiger partial charge on any atom is -0.508 e. The van der Waals surface area contributed by atoms with Crippen LogP contribution in [-0.4, -0.2) is 32.4 Å². The Morgan fingerprint density at radius 2 is 1.33 bits per heavy atom. The van der Waals surface area contributed by atoms with Gasteiger partial charge in [0.05, 0.1) is 0 Å². The SMILES string of the molecule is Cc1cc(O)cc(O)c1.O=C(O)CCCC(=O)O. The van der Waals surface area contributed by atoms with Gasteiger partial charge in [-0.3, -0.25) is 9.59 Å². The van der Waals surface area contributed by atoms with E-state index < -0.39 is 11.9 Å². The van der Waals surface area contributed by atoms with Crippen molar-refractivity contribution >= 4 is 11.9 Å². The number of aliphatic carboxylic acids is 2. The van der Waals surface area contributed by atoms with Crippen molar-refractivity contribution in [3.8, 4) is 11.5 Å². The number of hydrogen-bond donors (Lipinski definition) is 4. The summed E-state index contributed by atoms with van der Waals surface area (Å²) < 4.78 is 0. The molecular formula is C12H16O6. The van der Waals surface area contributed by atoms with E-state index in [2.05, 4.69) is 0 Å². The maximum absolute atomic E-state index is 9.79. The highest BCUT2D eigenvalue weighted by atomic mass is 16.4. The quantitative estimate of drug-likeness (QED) is 0.652. The van der Waals surface area contributed by atoms with Gasteiger partial charge in [-0.25, -0.2) is 0 Å². The van der Waals surface area contributed by atoms with Gasteiger partial charge in [-0.2, -0.15) is 0 Å². The molecule has 0 saturated heterocycles. The van der Waals surface area contributed by atoms with Crippen molar-refractivity contribution < 1.29 is 30.0 Å². The van der Waals surface area contributed by atoms with E-state index in [1.807, 2.05) is 0 Å². The summed E-state index contributed by atoms with van der Waals surface area (Å²) in [7, 11) is 0. The number of hydrogen-bond acceptors (Lipinski definition) is 4. The van der Waals surface area contributed by atoms with E-state index in [9.17, 15) is 9.59 Å². The number of aromatic hydroxyl groups is 2. The summed E-state index contributed by atoms with van der Waals surface area (Å²) in [6, 6.07) is 4.46. The van der Waals surface area contributed by atoms with Crippen LogP contribution in [0.25, 0.3) is 0 Å². The first kappa shape index (κ1) is 15.8. The van der Waals surface area contributed by atoms with Crippen LogP contribution in [0.3, 0.4) is 0 Å². The normalized spacial score (nSPS) is 9.17. The fraction of sp³-hybridized carbons (Fsp3) is 0.333. The van der Waals surface area contributed by atoms with Crippen molar-refractivity contribution in [2.75, 3.05) is 0 Å². The Balaban J connectivity index is 0.000000321. The lowest BCUT2D eigenvalue weighted by Crippen LogP contribution is -1.98. The molecule has 0 radical (unpaired) electrons. The van der Waals surface area contributed by atoms with Crippen LogP contribution in [0.15, 0.2) is 18.2 Å². The molecule has 6 nitrogen and oxygen atoms in total. The van der Waals surface area contributed by atoms with Gasteiger partial charge in [-0.1, -0.05) is 0 Å².